The standard InChI is InChI=1S/C13H13N5OS2/c1-2-10(20-5-1)13-16-12(19-17-13)8-21-11-7-15-18-4-3-14-6-9(11)18/h1-2,5,7,14H,3-4,6,8H2. The number of nitrogens with zero attached hydrogens (tertiary/aromatic N) is 4. The second-order valence-corrected chi connectivity index (χ2v) is 6.60. The molecule has 0 aliphatic carbocycles. The average molecular weight is 319 g/mol. The van der Waals surface area contributed by atoms with Gasteiger partial charge in [0.05, 0.1) is 34.0 Å². The predicted molar refractivity (Wildman–Crippen MR) is 81.1 cm³/mol. The van der Waals surface area contributed by atoms with E-state index in [1.54, 1.807) is 23.1 Å². The summed E-state index contributed by atoms with van der Waals surface area (Å²) >= 11 is 3.30. The molecule has 0 spiro atoms. The van der Waals surface area contributed by atoms with Crippen molar-refractivity contribution in [2.24, 2.45) is 0 Å². The summed E-state index contributed by atoms with van der Waals surface area (Å²) in [5.41, 5.74) is 1.24. The first-order valence-electron chi connectivity index (χ1n) is 6.65. The number of aromatic nitrogens is 4. The normalized spacial score (nSPS) is 14.3. The summed E-state index contributed by atoms with van der Waals surface area (Å²) in [5, 5.41) is 13.8. The summed E-state index contributed by atoms with van der Waals surface area (Å²) in [6, 6.07) is 3.98. The molecule has 0 atom stereocenters. The van der Waals surface area contributed by atoms with Crippen molar-refractivity contribution in [3.05, 3.63) is 35.3 Å². The second-order valence-electron chi connectivity index (χ2n) is 4.63. The molecule has 21 heavy (non-hydrogen) atoms. The fourth-order valence-corrected chi connectivity index (χ4v) is 3.75. The molecule has 0 saturated heterocycles. The predicted octanol–water partition coefficient (Wildman–Crippen LogP) is 2.39. The van der Waals surface area contributed by atoms with Crippen LogP contribution in [0.25, 0.3) is 10.7 Å². The highest BCUT2D eigenvalue weighted by atomic mass is 32.2. The first-order valence-corrected chi connectivity index (χ1v) is 8.51. The Hall–Kier alpha value is -1.64. The lowest BCUT2D eigenvalue weighted by Gasteiger charge is -2.15. The Morgan fingerprint density at radius 3 is 3.38 bits per heavy atom. The molecule has 1 aliphatic rings. The van der Waals surface area contributed by atoms with Crippen LogP contribution in [0, 0.1) is 0 Å². The van der Waals surface area contributed by atoms with Gasteiger partial charge in [0.1, 0.15) is 0 Å². The Morgan fingerprint density at radius 2 is 2.48 bits per heavy atom. The van der Waals surface area contributed by atoms with Gasteiger partial charge in [-0.3, -0.25) is 4.68 Å². The van der Waals surface area contributed by atoms with Crippen LogP contribution < -0.4 is 5.32 Å². The van der Waals surface area contributed by atoms with Gasteiger partial charge in [0.15, 0.2) is 0 Å². The topological polar surface area (TPSA) is 68.8 Å². The number of fused-ring (bicyclic) bond motifs is 1. The molecule has 0 saturated carbocycles. The lowest BCUT2D eigenvalue weighted by atomic mass is 10.3. The molecule has 0 radical (unpaired) electrons. The molecule has 1 aliphatic heterocycles. The van der Waals surface area contributed by atoms with E-state index in [2.05, 4.69) is 25.2 Å². The van der Waals surface area contributed by atoms with Crippen LogP contribution in [0.5, 0.6) is 0 Å². The highest BCUT2D eigenvalue weighted by molar-refractivity contribution is 7.98. The van der Waals surface area contributed by atoms with Crippen molar-refractivity contribution in [3.63, 3.8) is 0 Å². The van der Waals surface area contributed by atoms with E-state index in [0.717, 1.165) is 24.5 Å². The molecule has 6 nitrogen and oxygen atoms in total. The quantitative estimate of drug-likeness (QED) is 0.745. The van der Waals surface area contributed by atoms with Gasteiger partial charge in [0, 0.05) is 13.1 Å². The van der Waals surface area contributed by atoms with E-state index in [1.165, 1.54) is 10.6 Å². The zero-order valence-corrected chi connectivity index (χ0v) is 12.8. The zero-order chi connectivity index (χ0) is 14.1. The molecule has 108 valence electrons. The van der Waals surface area contributed by atoms with Crippen molar-refractivity contribution in [1.29, 1.82) is 0 Å². The van der Waals surface area contributed by atoms with E-state index >= 15 is 0 Å². The summed E-state index contributed by atoms with van der Waals surface area (Å²) in [6.07, 6.45) is 1.92. The Kier molecular flexibility index (Phi) is 3.50. The van der Waals surface area contributed by atoms with Crippen molar-refractivity contribution >= 4 is 23.1 Å². The molecule has 0 aromatic carbocycles. The molecule has 3 aromatic rings. The molecular weight excluding hydrogens is 306 g/mol. The number of thiophene rings is 1. The van der Waals surface area contributed by atoms with Crippen LogP contribution in [-0.4, -0.2) is 26.5 Å². The van der Waals surface area contributed by atoms with Gasteiger partial charge in [-0.05, 0) is 11.4 Å². The van der Waals surface area contributed by atoms with Gasteiger partial charge in [-0.1, -0.05) is 11.2 Å². The fraction of sp³-hybridized carbons (Fsp3) is 0.308. The van der Waals surface area contributed by atoms with Crippen LogP contribution in [-0.2, 0) is 18.8 Å². The molecule has 4 rings (SSSR count). The van der Waals surface area contributed by atoms with E-state index in [0.29, 0.717) is 17.5 Å². The molecule has 0 fully saturated rings. The minimum absolute atomic E-state index is 0.645. The van der Waals surface area contributed by atoms with Gasteiger partial charge in [0.2, 0.25) is 11.7 Å². The molecule has 0 amide bonds. The van der Waals surface area contributed by atoms with Crippen LogP contribution in [0.4, 0.5) is 0 Å². The smallest absolute Gasteiger partial charge is 0.237 e. The number of hydrogen-bond acceptors (Lipinski definition) is 7. The molecular formula is C13H13N5OS2. The van der Waals surface area contributed by atoms with Crippen LogP contribution in [0.1, 0.15) is 11.6 Å². The van der Waals surface area contributed by atoms with Gasteiger partial charge in [-0.25, -0.2) is 0 Å². The average Bonchev–Trinajstić information content (AvgIpc) is 3.25. The third-order valence-electron chi connectivity index (χ3n) is 3.26. The van der Waals surface area contributed by atoms with Crippen molar-refractivity contribution in [2.45, 2.75) is 23.7 Å². The number of thioether (sulfide) groups is 1. The Morgan fingerprint density at radius 1 is 1.48 bits per heavy atom. The van der Waals surface area contributed by atoms with Crippen LogP contribution in [0.3, 0.4) is 0 Å². The molecule has 3 aromatic heterocycles. The van der Waals surface area contributed by atoms with Gasteiger partial charge in [-0.15, -0.1) is 23.1 Å². The van der Waals surface area contributed by atoms with Crippen molar-refractivity contribution in [3.8, 4) is 10.7 Å². The maximum atomic E-state index is 5.31. The van der Waals surface area contributed by atoms with Gasteiger partial charge >= 0.3 is 0 Å². The third-order valence-corrected chi connectivity index (χ3v) is 5.17. The minimum Gasteiger partial charge on any atom is -0.338 e. The summed E-state index contributed by atoms with van der Waals surface area (Å²) in [6.45, 7) is 2.78. The third kappa shape index (κ3) is 2.61. The van der Waals surface area contributed by atoms with Gasteiger partial charge in [0.25, 0.3) is 0 Å². The van der Waals surface area contributed by atoms with Crippen LogP contribution in [0.2, 0.25) is 0 Å². The van der Waals surface area contributed by atoms with E-state index in [1.807, 2.05) is 23.7 Å². The minimum atomic E-state index is 0.645. The van der Waals surface area contributed by atoms with E-state index in [9.17, 15) is 0 Å². The summed E-state index contributed by atoms with van der Waals surface area (Å²) in [5.74, 6) is 1.98. The maximum absolute atomic E-state index is 5.31. The first kappa shape index (κ1) is 13.1. The maximum Gasteiger partial charge on any atom is 0.237 e. The lowest BCUT2D eigenvalue weighted by Crippen LogP contribution is -2.28. The first-order chi connectivity index (χ1) is 10.4. The zero-order valence-electron chi connectivity index (χ0n) is 11.2. The van der Waals surface area contributed by atoms with Crippen molar-refractivity contribution in [2.75, 3.05) is 6.54 Å². The van der Waals surface area contributed by atoms with E-state index < -0.39 is 0 Å². The van der Waals surface area contributed by atoms with Gasteiger partial charge in [-0.2, -0.15) is 10.1 Å². The van der Waals surface area contributed by atoms with Crippen LogP contribution >= 0.6 is 23.1 Å². The van der Waals surface area contributed by atoms with Crippen molar-refractivity contribution < 1.29 is 4.52 Å². The summed E-state index contributed by atoms with van der Waals surface area (Å²) in [7, 11) is 0. The monoisotopic (exact) mass is 319 g/mol. The number of rotatable bonds is 4. The van der Waals surface area contributed by atoms with Crippen LogP contribution in [0.15, 0.2) is 33.1 Å². The molecule has 0 bridgehead atoms. The van der Waals surface area contributed by atoms with E-state index in [-0.39, 0.29) is 0 Å². The molecule has 4 heterocycles. The van der Waals surface area contributed by atoms with E-state index in [4.69, 9.17) is 4.52 Å². The van der Waals surface area contributed by atoms with Crippen molar-refractivity contribution in [1.82, 2.24) is 25.2 Å². The van der Waals surface area contributed by atoms with Gasteiger partial charge < -0.3 is 9.84 Å². The summed E-state index contributed by atoms with van der Waals surface area (Å²) in [4.78, 5) is 6.64. The Bertz CT molecular complexity index is 734. The molecule has 1 N–H and O–H groups in total. The largest absolute Gasteiger partial charge is 0.338 e. The highest BCUT2D eigenvalue weighted by Gasteiger charge is 2.16. The summed E-state index contributed by atoms with van der Waals surface area (Å²) < 4.78 is 7.37. The molecule has 0 unspecified atom stereocenters. The molecule has 8 heteroatoms. The Labute approximate surface area is 129 Å². The lowest BCUT2D eigenvalue weighted by molar-refractivity contribution is 0.392. The SMILES string of the molecule is c1csc(-c2noc(CSc3cnn4c3CNCC4)n2)c1. The highest BCUT2D eigenvalue weighted by Crippen LogP contribution is 2.28. The number of hydrogen-bond donors (Lipinski definition) is 1. The Balaban J connectivity index is 1.46. The second kappa shape index (κ2) is 5.63. The fourth-order valence-electron chi connectivity index (χ4n) is 2.24. The number of nitrogens with one attached hydrogen (secondary N) is 1.